The van der Waals surface area contributed by atoms with Crippen molar-refractivity contribution in [3.63, 3.8) is 0 Å². The maximum atomic E-state index is 5.51. The summed E-state index contributed by atoms with van der Waals surface area (Å²) in [6, 6.07) is 4.58. The van der Waals surface area contributed by atoms with Crippen LogP contribution in [0.4, 0.5) is 0 Å². The van der Waals surface area contributed by atoms with E-state index in [2.05, 4.69) is 17.4 Å². The van der Waals surface area contributed by atoms with Crippen LogP contribution in [-0.2, 0) is 12.8 Å². The van der Waals surface area contributed by atoms with Gasteiger partial charge in [-0.3, -0.25) is 0 Å². The molecule has 7 heteroatoms. The lowest BCUT2D eigenvalue weighted by Crippen LogP contribution is -2.19. The van der Waals surface area contributed by atoms with Crippen molar-refractivity contribution in [3.8, 4) is 0 Å². The molecule has 0 amide bonds. The highest BCUT2D eigenvalue weighted by molar-refractivity contribution is 7.11. The van der Waals surface area contributed by atoms with Crippen LogP contribution in [0.1, 0.15) is 41.9 Å². The van der Waals surface area contributed by atoms with Gasteiger partial charge in [-0.05, 0) is 83.3 Å². The van der Waals surface area contributed by atoms with Crippen molar-refractivity contribution in [3.05, 3.63) is 21.9 Å². The number of nitrogens with two attached hydrogens (primary N) is 2. The van der Waals surface area contributed by atoms with Gasteiger partial charge in [0.25, 0.3) is 0 Å². The smallest absolute Gasteiger partial charge is 0.00481 e. The van der Waals surface area contributed by atoms with Crippen molar-refractivity contribution < 1.29 is 0 Å². The predicted molar refractivity (Wildman–Crippen MR) is 108 cm³/mol. The van der Waals surface area contributed by atoms with Crippen LogP contribution < -0.4 is 16.8 Å². The Bertz CT molecular complexity index is 325. The van der Waals surface area contributed by atoms with E-state index in [1.807, 2.05) is 11.3 Å². The first-order valence-electron chi connectivity index (χ1n) is 7.55. The third-order valence-electron chi connectivity index (χ3n) is 3.18. The average molecular weight is 393 g/mol. The number of thiophene rings is 1. The van der Waals surface area contributed by atoms with Crippen molar-refractivity contribution in [2.24, 2.45) is 11.5 Å². The van der Waals surface area contributed by atoms with E-state index < -0.39 is 0 Å². The molecule has 1 aromatic heterocycles. The Morgan fingerprint density at radius 3 is 1.77 bits per heavy atom. The molecule has 0 aliphatic rings. The molecule has 22 heavy (non-hydrogen) atoms. The third kappa shape index (κ3) is 14.1. The molecule has 0 spiro atoms. The minimum absolute atomic E-state index is 0. The van der Waals surface area contributed by atoms with Gasteiger partial charge in [-0.2, -0.15) is 0 Å². The monoisotopic (exact) mass is 391 g/mol. The van der Waals surface area contributed by atoms with Gasteiger partial charge in [0.05, 0.1) is 0 Å². The number of nitrogens with one attached hydrogen (secondary N) is 1. The highest BCUT2D eigenvalue weighted by Crippen LogP contribution is 2.20. The van der Waals surface area contributed by atoms with Gasteiger partial charge in [0, 0.05) is 9.75 Å². The van der Waals surface area contributed by atoms with Crippen molar-refractivity contribution in [1.82, 2.24) is 5.32 Å². The number of halogens is 3. The third-order valence-corrected chi connectivity index (χ3v) is 4.38. The van der Waals surface area contributed by atoms with Gasteiger partial charge in [-0.1, -0.05) is 0 Å². The molecule has 0 unspecified atom stereocenters. The first-order valence-corrected chi connectivity index (χ1v) is 8.37. The Kier molecular flexibility index (Phi) is 24.2. The van der Waals surface area contributed by atoms with Gasteiger partial charge in [-0.15, -0.1) is 48.6 Å². The van der Waals surface area contributed by atoms with Crippen LogP contribution in [0.25, 0.3) is 0 Å². The van der Waals surface area contributed by atoms with Crippen molar-refractivity contribution in [1.29, 1.82) is 0 Å². The Morgan fingerprint density at radius 2 is 1.23 bits per heavy atom. The minimum atomic E-state index is 0. The van der Waals surface area contributed by atoms with Crippen LogP contribution in [0.3, 0.4) is 0 Å². The highest BCUT2D eigenvalue weighted by Gasteiger charge is 2.00. The second-order valence-electron chi connectivity index (χ2n) is 4.96. The molecule has 0 saturated carbocycles. The Balaban J connectivity index is -0.00000120. The van der Waals surface area contributed by atoms with Crippen LogP contribution in [0.2, 0.25) is 0 Å². The van der Waals surface area contributed by atoms with Crippen LogP contribution in [0, 0.1) is 0 Å². The molecule has 0 saturated heterocycles. The SMILES string of the molecule is Cl.Cl.Cl.NCCCCc1ccc(CCCCNCCCN)s1. The summed E-state index contributed by atoms with van der Waals surface area (Å²) in [5.41, 5.74) is 11.0. The van der Waals surface area contributed by atoms with E-state index in [9.17, 15) is 0 Å². The fourth-order valence-electron chi connectivity index (χ4n) is 2.04. The van der Waals surface area contributed by atoms with Crippen molar-refractivity contribution in [2.45, 2.75) is 44.9 Å². The van der Waals surface area contributed by atoms with Gasteiger partial charge >= 0.3 is 0 Å². The fourth-order valence-corrected chi connectivity index (χ4v) is 3.14. The molecule has 5 N–H and O–H groups in total. The first-order chi connectivity index (χ1) is 9.36. The zero-order valence-corrected chi connectivity index (χ0v) is 16.5. The summed E-state index contributed by atoms with van der Waals surface area (Å²) in [6.45, 7) is 3.78. The van der Waals surface area contributed by atoms with Crippen molar-refractivity contribution >= 4 is 48.6 Å². The quantitative estimate of drug-likeness (QED) is 0.476. The number of hydrogen-bond acceptors (Lipinski definition) is 4. The van der Waals surface area contributed by atoms with E-state index in [-0.39, 0.29) is 37.2 Å². The molecule has 1 heterocycles. The topological polar surface area (TPSA) is 64.1 Å². The number of hydrogen-bond donors (Lipinski definition) is 3. The lowest BCUT2D eigenvalue weighted by molar-refractivity contribution is 0.608. The van der Waals surface area contributed by atoms with E-state index in [1.54, 1.807) is 0 Å². The van der Waals surface area contributed by atoms with Gasteiger partial charge in [0.15, 0.2) is 0 Å². The van der Waals surface area contributed by atoms with E-state index in [4.69, 9.17) is 11.5 Å². The Morgan fingerprint density at radius 1 is 0.727 bits per heavy atom. The Hall–Kier alpha value is 0.450. The average Bonchev–Trinajstić information content (AvgIpc) is 2.86. The summed E-state index contributed by atoms with van der Waals surface area (Å²) in [7, 11) is 0. The minimum Gasteiger partial charge on any atom is -0.330 e. The molecule has 1 rings (SSSR count). The molecule has 0 bridgehead atoms. The first kappa shape index (κ1) is 27.3. The van der Waals surface area contributed by atoms with Crippen LogP contribution in [0.15, 0.2) is 12.1 Å². The maximum absolute atomic E-state index is 5.51. The zero-order chi connectivity index (χ0) is 13.8. The maximum Gasteiger partial charge on any atom is 0.00481 e. The molecule has 3 nitrogen and oxygen atoms in total. The second kappa shape index (κ2) is 19.5. The summed E-state index contributed by atoms with van der Waals surface area (Å²) in [5.74, 6) is 0. The van der Waals surface area contributed by atoms with E-state index in [0.29, 0.717) is 0 Å². The molecule has 0 radical (unpaired) electrons. The van der Waals surface area contributed by atoms with E-state index >= 15 is 0 Å². The van der Waals surface area contributed by atoms with Crippen LogP contribution >= 0.6 is 48.6 Å². The molecular weight excluding hydrogens is 361 g/mol. The van der Waals surface area contributed by atoms with Gasteiger partial charge in [0.1, 0.15) is 0 Å². The molecule has 0 atom stereocenters. The van der Waals surface area contributed by atoms with Gasteiger partial charge in [0.2, 0.25) is 0 Å². The van der Waals surface area contributed by atoms with Gasteiger partial charge < -0.3 is 16.8 Å². The second-order valence-corrected chi connectivity index (χ2v) is 6.22. The molecular formula is C15H32Cl3N3S. The molecule has 0 aromatic carbocycles. The summed E-state index contributed by atoms with van der Waals surface area (Å²) in [6.07, 6.45) is 8.40. The standard InChI is InChI=1S/C15H29N3S.3ClH/c16-10-3-1-6-14-8-9-15(19-14)7-2-4-12-18-13-5-11-17;;;/h8-9,18H,1-7,10-13,16-17H2;3*1H. The summed E-state index contributed by atoms with van der Waals surface area (Å²) >= 11 is 1.98. The number of unbranched alkanes of at least 4 members (excludes halogenated alkanes) is 2. The lowest BCUT2D eigenvalue weighted by Gasteiger charge is -2.02. The van der Waals surface area contributed by atoms with Crippen molar-refractivity contribution in [2.75, 3.05) is 26.2 Å². The predicted octanol–water partition coefficient (Wildman–Crippen LogP) is 3.56. The lowest BCUT2D eigenvalue weighted by atomic mass is 10.2. The normalized spacial score (nSPS) is 9.55. The highest BCUT2D eigenvalue weighted by atomic mass is 35.5. The largest absolute Gasteiger partial charge is 0.330 e. The molecule has 0 fully saturated rings. The van der Waals surface area contributed by atoms with Crippen LogP contribution in [0.5, 0.6) is 0 Å². The number of aryl methyl sites for hydroxylation is 2. The molecule has 0 aliphatic heterocycles. The number of rotatable bonds is 12. The van der Waals surface area contributed by atoms with Gasteiger partial charge in [-0.25, -0.2) is 0 Å². The molecule has 134 valence electrons. The summed E-state index contributed by atoms with van der Waals surface area (Å²) < 4.78 is 0. The van der Waals surface area contributed by atoms with E-state index in [0.717, 1.165) is 39.0 Å². The zero-order valence-electron chi connectivity index (χ0n) is 13.2. The molecule has 0 aliphatic carbocycles. The van der Waals surface area contributed by atoms with Crippen LogP contribution in [-0.4, -0.2) is 26.2 Å². The molecule has 1 aromatic rings. The van der Waals surface area contributed by atoms with E-state index in [1.165, 1.54) is 41.9 Å². The summed E-state index contributed by atoms with van der Waals surface area (Å²) in [5, 5.41) is 3.42. The fraction of sp³-hybridized carbons (Fsp3) is 0.733. The summed E-state index contributed by atoms with van der Waals surface area (Å²) in [4.78, 5) is 3.05. The Labute approximate surface area is 158 Å².